The minimum atomic E-state index is -1.34. The number of fused-ring (bicyclic) bond motifs is 1. The van der Waals surface area contributed by atoms with Crippen LogP contribution in [0.5, 0.6) is 0 Å². The molecule has 1 atom stereocenters. The highest BCUT2D eigenvalue weighted by molar-refractivity contribution is 5.90. The molecule has 1 aliphatic carbocycles. The number of nitrogens with zero attached hydrogens (tertiary/aromatic N) is 2. The number of hydrogen-bond donors (Lipinski definition) is 3. The van der Waals surface area contributed by atoms with Gasteiger partial charge in [0.15, 0.2) is 0 Å². The maximum atomic E-state index is 14.1. The molecule has 188 valence electrons. The van der Waals surface area contributed by atoms with E-state index in [1.165, 1.54) is 5.56 Å². The summed E-state index contributed by atoms with van der Waals surface area (Å²) < 4.78 is 28.1. The maximum absolute atomic E-state index is 14.1. The van der Waals surface area contributed by atoms with E-state index in [1.807, 2.05) is 6.07 Å². The third-order valence-electron chi connectivity index (χ3n) is 6.68. The van der Waals surface area contributed by atoms with Gasteiger partial charge in [-0.05, 0) is 74.6 Å². The zero-order valence-electron chi connectivity index (χ0n) is 19.3. The number of aliphatic hydroxyl groups excluding tert-OH is 1. The Hall–Kier alpha value is -3.11. The summed E-state index contributed by atoms with van der Waals surface area (Å²) in [6.45, 7) is 0.463. The van der Waals surface area contributed by atoms with Crippen molar-refractivity contribution in [1.82, 2.24) is 10.0 Å². The van der Waals surface area contributed by atoms with Gasteiger partial charge in [-0.25, -0.2) is 18.6 Å². The third kappa shape index (κ3) is 5.76. The number of aliphatic carboxylic acids is 1. The van der Waals surface area contributed by atoms with Crippen LogP contribution >= 0.6 is 0 Å². The molecule has 0 amide bonds. The molecule has 1 saturated carbocycles. The number of hydrogen-bond acceptors (Lipinski definition) is 7. The van der Waals surface area contributed by atoms with E-state index >= 15 is 0 Å². The number of carboxylic acids is 1. The number of aliphatic hydroxyl groups is 1. The molecule has 4 rings (SSSR count). The van der Waals surface area contributed by atoms with Crippen molar-refractivity contribution in [2.75, 3.05) is 18.5 Å². The zero-order valence-corrected chi connectivity index (χ0v) is 19.3. The average molecular weight is 490 g/mol. The molecule has 2 aromatic rings. The molecule has 1 fully saturated rings. The Kier molecular flexibility index (Phi) is 7.92. The first kappa shape index (κ1) is 25.0. The van der Waals surface area contributed by atoms with Gasteiger partial charge in [0, 0.05) is 24.9 Å². The number of hydroxylamine groups is 2. The molecule has 0 saturated heterocycles. The molecule has 10 heteroatoms. The number of halogens is 2. The lowest BCUT2D eigenvalue weighted by atomic mass is 9.76. The monoisotopic (exact) mass is 489 g/mol. The molecule has 2 heterocycles. The molecule has 1 aliphatic heterocycles. The van der Waals surface area contributed by atoms with E-state index in [1.54, 1.807) is 0 Å². The van der Waals surface area contributed by atoms with Crippen molar-refractivity contribution in [3.63, 3.8) is 0 Å². The van der Waals surface area contributed by atoms with Crippen molar-refractivity contribution in [3.05, 3.63) is 58.8 Å². The average Bonchev–Trinajstić information content (AvgIpc) is 2.80. The summed E-state index contributed by atoms with van der Waals surface area (Å²) in [5, 5.41) is 23.3. The fourth-order valence-corrected chi connectivity index (χ4v) is 4.71. The normalized spacial score (nSPS) is 19.9. The first-order valence-electron chi connectivity index (χ1n) is 11.9. The molecule has 0 unspecified atom stereocenters. The SMILES string of the molecule is O=C(ON(C1CC(CCc2ccc3c(n2)NCCC3)C1)[C@@H](CCO)C(=O)O)c1c(F)cccc1F. The largest absolute Gasteiger partial charge is 0.480 e. The summed E-state index contributed by atoms with van der Waals surface area (Å²) in [6.07, 6.45) is 4.58. The molecule has 0 bridgehead atoms. The van der Waals surface area contributed by atoms with E-state index in [-0.39, 0.29) is 12.3 Å². The number of aryl methyl sites for hydroxylation is 2. The number of rotatable bonds is 10. The molecular formula is C25H29F2N3O5. The molecule has 1 aromatic carbocycles. The minimum absolute atomic E-state index is 0.199. The van der Waals surface area contributed by atoms with Crippen LogP contribution in [0.15, 0.2) is 30.3 Å². The number of anilines is 1. The number of carbonyl (C=O) groups is 2. The Morgan fingerprint density at radius 1 is 1.20 bits per heavy atom. The fourth-order valence-electron chi connectivity index (χ4n) is 4.71. The summed E-state index contributed by atoms with van der Waals surface area (Å²) >= 11 is 0. The van der Waals surface area contributed by atoms with Crippen LogP contribution in [0.2, 0.25) is 0 Å². The number of carboxylic acid groups (broad SMARTS) is 1. The predicted octanol–water partition coefficient (Wildman–Crippen LogP) is 3.34. The van der Waals surface area contributed by atoms with Crippen LogP contribution in [0.1, 0.15) is 53.7 Å². The Morgan fingerprint density at radius 3 is 2.63 bits per heavy atom. The van der Waals surface area contributed by atoms with Gasteiger partial charge < -0.3 is 20.4 Å². The minimum Gasteiger partial charge on any atom is -0.480 e. The van der Waals surface area contributed by atoms with Gasteiger partial charge in [0.25, 0.3) is 0 Å². The van der Waals surface area contributed by atoms with E-state index in [2.05, 4.69) is 11.4 Å². The summed E-state index contributed by atoms with van der Waals surface area (Å²) in [5.74, 6) is -3.60. The van der Waals surface area contributed by atoms with Crippen molar-refractivity contribution < 1.29 is 33.4 Å². The highest BCUT2D eigenvalue weighted by Crippen LogP contribution is 2.37. The summed E-state index contributed by atoms with van der Waals surface area (Å²) in [5.41, 5.74) is 1.31. The molecular weight excluding hydrogens is 460 g/mol. The van der Waals surface area contributed by atoms with E-state index in [9.17, 15) is 28.6 Å². The maximum Gasteiger partial charge on any atom is 0.363 e. The molecule has 35 heavy (non-hydrogen) atoms. The molecule has 0 spiro atoms. The van der Waals surface area contributed by atoms with Gasteiger partial charge in [-0.15, -0.1) is 5.06 Å². The zero-order chi connectivity index (χ0) is 24.9. The van der Waals surface area contributed by atoms with Gasteiger partial charge in [0.05, 0.1) is 0 Å². The van der Waals surface area contributed by atoms with Crippen LogP contribution in [0.3, 0.4) is 0 Å². The third-order valence-corrected chi connectivity index (χ3v) is 6.68. The van der Waals surface area contributed by atoms with Crippen LogP contribution in [0.25, 0.3) is 0 Å². The number of pyridine rings is 1. The lowest BCUT2D eigenvalue weighted by molar-refractivity contribution is -0.204. The summed E-state index contributed by atoms with van der Waals surface area (Å²) in [6, 6.07) is 5.33. The highest BCUT2D eigenvalue weighted by atomic mass is 19.1. The predicted molar refractivity (Wildman–Crippen MR) is 123 cm³/mol. The van der Waals surface area contributed by atoms with Crippen LogP contribution in [-0.4, -0.2) is 57.4 Å². The van der Waals surface area contributed by atoms with Crippen molar-refractivity contribution >= 4 is 17.8 Å². The van der Waals surface area contributed by atoms with Crippen LogP contribution < -0.4 is 5.32 Å². The summed E-state index contributed by atoms with van der Waals surface area (Å²) in [7, 11) is 0. The molecule has 8 nitrogen and oxygen atoms in total. The van der Waals surface area contributed by atoms with Gasteiger partial charge in [0.1, 0.15) is 29.1 Å². The van der Waals surface area contributed by atoms with Gasteiger partial charge in [0.2, 0.25) is 0 Å². The first-order chi connectivity index (χ1) is 16.9. The highest BCUT2D eigenvalue weighted by Gasteiger charge is 2.42. The Labute approximate surface area is 201 Å². The van der Waals surface area contributed by atoms with E-state index in [0.29, 0.717) is 12.8 Å². The molecule has 2 aliphatic rings. The van der Waals surface area contributed by atoms with E-state index < -0.39 is 47.8 Å². The van der Waals surface area contributed by atoms with Crippen molar-refractivity contribution in [2.45, 2.75) is 57.0 Å². The number of nitrogens with one attached hydrogen (secondary N) is 1. The van der Waals surface area contributed by atoms with Gasteiger partial charge >= 0.3 is 11.9 Å². The van der Waals surface area contributed by atoms with Gasteiger partial charge in [-0.2, -0.15) is 0 Å². The second-order valence-electron chi connectivity index (χ2n) is 9.07. The lowest BCUT2D eigenvalue weighted by Crippen LogP contribution is -2.53. The second-order valence-corrected chi connectivity index (χ2v) is 9.07. The molecule has 0 radical (unpaired) electrons. The summed E-state index contributed by atoms with van der Waals surface area (Å²) in [4.78, 5) is 34.3. The second kappa shape index (κ2) is 11.1. The van der Waals surface area contributed by atoms with Crippen molar-refractivity contribution in [3.8, 4) is 0 Å². The lowest BCUT2D eigenvalue weighted by Gasteiger charge is -2.43. The topological polar surface area (TPSA) is 112 Å². The van der Waals surface area contributed by atoms with E-state index in [0.717, 1.165) is 67.0 Å². The standard InChI is InChI=1S/C25H29F2N3O5/c26-19-4-1-5-20(27)22(19)25(34)35-30(21(10-12-31)24(32)33)18-13-15(14-18)6-8-17-9-7-16-3-2-11-28-23(16)29-17/h1,4-5,7,9,15,18,21,31H,2-3,6,8,10-14H2,(H,28,29)(H,32,33)/t15?,18?,21-/m0/s1. The van der Waals surface area contributed by atoms with Crippen molar-refractivity contribution in [2.24, 2.45) is 5.92 Å². The van der Waals surface area contributed by atoms with Crippen molar-refractivity contribution in [1.29, 1.82) is 0 Å². The van der Waals surface area contributed by atoms with Crippen LogP contribution in [0.4, 0.5) is 14.6 Å². The quantitative estimate of drug-likeness (QED) is 0.436. The number of carbonyl (C=O) groups excluding carboxylic acids is 1. The van der Waals surface area contributed by atoms with E-state index in [4.69, 9.17) is 9.82 Å². The van der Waals surface area contributed by atoms with Crippen LogP contribution in [0, 0.1) is 17.6 Å². The van der Waals surface area contributed by atoms with Gasteiger partial charge in [-0.1, -0.05) is 12.1 Å². The number of benzene rings is 1. The Morgan fingerprint density at radius 2 is 1.94 bits per heavy atom. The Balaban J connectivity index is 1.40. The Bertz CT molecular complexity index is 1060. The van der Waals surface area contributed by atoms with Crippen LogP contribution in [-0.2, 0) is 22.5 Å². The van der Waals surface area contributed by atoms with Gasteiger partial charge in [-0.3, -0.25) is 4.79 Å². The first-order valence-corrected chi connectivity index (χ1v) is 11.9. The number of aromatic nitrogens is 1. The smallest absolute Gasteiger partial charge is 0.363 e. The fraction of sp³-hybridized carbons (Fsp3) is 0.480. The molecule has 3 N–H and O–H groups in total. The molecule has 1 aromatic heterocycles.